The van der Waals surface area contributed by atoms with Crippen LogP contribution in [0.15, 0.2) is 11.6 Å². The Bertz CT molecular complexity index is 950. The first kappa shape index (κ1) is 39.0. The molecule has 0 aromatic carbocycles. The summed E-state index contributed by atoms with van der Waals surface area (Å²) < 4.78 is 6.46. The van der Waals surface area contributed by atoms with Gasteiger partial charge in [0, 0.05) is 6.42 Å². The summed E-state index contributed by atoms with van der Waals surface area (Å²) in [6, 6.07) is 0. The zero-order valence-electron chi connectivity index (χ0n) is 32.7. The first-order valence-electron chi connectivity index (χ1n) is 21.5. The predicted molar refractivity (Wildman–Crippen MR) is 202 cm³/mol. The quantitative estimate of drug-likeness (QED) is 0.0700. The third kappa shape index (κ3) is 10.1. The second-order valence-corrected chi connectivity index (χ2v) is 18.4. The standard InChI is InChI=1S/C45H80O2/c1-8-10-12-14-15-17-19-24-36(23-18-16-13-11-9-2)43(46)47-38-29-31-44(6)37(33-38)25-26-39-41-28-27-40(35(5)22-20-21-34(3)4)45(41,7)32-30-42(39)44/h25,34-36,38-42H,8-24,26-33H2,1-7H3/t35-,36?,38+,39+,40-,41+,42+,44+,45-/m1/s1. The number of allylic oxidation sites excluding steroid dienone is 1. The number of carbonyl (C=O) groups excluding carboxylic acids is 1. The summed E-state index contributed by atoms with van der Waals surface area (Å²) in [5, 5.41) is 0. The predicted octanol–water partition coefficient (Wildman–Crippen LogP) is 14.1. The van der Waals surface area contributed by atoms with E-state index in [-0.39, 0.29) is 18.0 Å². The van der Waals surface area contributed by atoms with Gasteiger partial charge in [-0.05, 0) is 104 Å². The third-order valence-corrected chi connectivity index (χ3v) is 14.7. The molecule has 272 valence electrons. The number of hydrogen-bond acceptors (Lipinski definition) is 2. The average molecular weight is 653 g/mol. The molecule has 4 aliphatic carbocycles. The summed E-state index contributed by atoms with van der Waals surface area (Å²) in [6.07, 6.45) is 35.0. The normalized spacial score (nSPS) is 33.1. The van der Waals surface area contributed by atoms with Gasteiger partial charge in [0.15, 0.2) is 0 Å². The molecule has 0 heterocycles. The Hall–Kier alpha value is -0.790. The number of ether oxygens (including phenoxy) is 1. The molecule has 0 aliphatic heterocycles. The van der Waals surface area contributed by atoms with Crippen LogP contribution in [0, 0.1) is 52.3 Å². The summed E-state index contributed by atoms with van der Waals surface area (Å²) in [5.41, 5.74) is 2.53. The van der Waals surface area contributed by atoms with E-state index in [1.807, 2.05) is 0 Å². The molecule has 2 nitrogen and oxygen atoms in total. The summed E-state index contributed by atoms with van der Waals surface area (Å²) in [6.45, 7) is 17.3. The van der Waals surface area contributed by atoms with Gasteiger partial charge in [0.05, 0.1) is 5.92 Å². The van der Waals surface area contributed by atoms with Crippen LogP contribution in [0.2, 0.25) is 0 Å². The molecule has 0 aromatic rings. The van der Waals surface area contributed by atoms with E-state index in [1.54, 1.807) is 5.57 Å². The van der Waals surface area contributed by atoms with Crippen LogP contribution in [0.1, 0.15) is 209 Å². The molecule has 0 N–H and O–H groups in total. The van der Waals surface area contributed by atoms with Crippen molar-refractivity contribution in [3.63, 3.8) is 0 Å². The maximum atomic E-state index is 13.7. The first-order valence-corrected chi connectivity index (χ1v) is 21.5. The van der Waals surface area contributed by atoms with E-state index in [0.29, 0.717) is 10.8 Å². The van der Waals surface area contributed by atoms with Crippen LogP contribution in [0.5, 0.6) is 0 Å². The fourth-order valence-electron chi connectivity index (χ4n) is 11.7. The minimum atomic E-state index is 0.103. The highest BCUT2D eigenvalue weighted by Crippen LogP contribution is 2.67. The molecule has 0 saturated heterocycles. The lowest BCUT2D eigenvalue weighted by molar-refractivity contribution is -0.157. The monoisotopic (exact) mass is 653 g/mol. The van der Waals surface area contributed by atoms with Crippen LogP contribution >= 0.6 is 0 Å². The fraction of sp³-hybridized carbons (Fsp3) is 0.933. The van der Waals surface area contributed by atoms with Crippen molar-refractivity contribution in [1.29, 1.82) is 0 Å². The van der Waals surface area contributed by atoms with Gasteiger partial charge in [-0.15, -0.1) is 0 Å². The molecular weight excluding hydrogens is 572 g/mol. The van der Waals surface area contributed by atoms with Crippen molar-refractivity contribution in [2.24, 2.45) is 52.3 Å². The van der Waals surface area contributed by atoms with Gasteiger partial charge in [-0.3, -0.25) is 4.79 Å². The lowest BCUT2D eigenvalue weighted by atomic mass is 9.47. The lowest BCUT2D eigenvalue weighted by Gasteiger charge is -2.58. The van der Waals surface area contributed by atoms with Crippen LogP contribution in [0.4, 0.5) is 0 Å². The van der Waals surface area contributed by atoms with Crippen LogP contribution in [-0.2, 0) is 9.53 Å². The van der Waals surface area contributed by atoms with Crippen LogP contribution in [0.25, 0.3) is 0 Å². The smallest absolute Gasteiger partial charge is 0.309 e. The molecule has 0 radical (unpaired) electrons. The summed E-state index contributed by atoms with van der Waals surface area (Å²) in [7, 11) is 0. The highest BCUT2D eigenvalue weighted by molar-refractivity contribution is 5.72. The minimum absolute atomic E-state index is 0.103. The van der Waals surface area contributed by atoms with Gasteiger partial charge in [-0.1, -0.05) is 156 Å². The summed E-state index contributed by atoms with van der Waals surface area (Å²) >= 11 is 0. The second kappa shape index (κ2) is 19.0. The van der Waals surface area contributed by atoms with Gasteiger partial charge in [-0.25, -0.2) is 0 Å². The van der Waals surface area contributed by atoms with Gasteiger partial charge in [-0.2, -0.15) is 0 Å². The van der Waals surface area contributed by atoms with Crippen molar-refractivity contribution >= 4 is 5.97 Å². The van der Waals surface area contributed by atoms with E-state index in [1.165, 1.54) is 135 Å². The molecule has 3 saturated carbocycles. The van der Waals surface area contributed by atoms with Gasteiger partial charge in [0.1, 0.15) is 6.10 Å². The van der Waals surface area contributed by atoms with Crippen LogP contribution in [-0.4, -0.2) is 12.1 Å². The maximum Gasteiger partial charge on any atom is 0.309 e. The SMILES string of the molecule is CCCCCCCCCC(CCCCCCC)C(=O)O[C@H]1CC[C@@]2(C)C(=CC[C@H]3[C@@H]4CC[C@H]([C@H](C)CCCC(C)C)[C@@]4(C)CC[C@@H]32)C1. The molecule has 9 atom stereocenters. The number of carbonyl (C=O) groups is 1. The Kier molecular flexibility index (Phi) is 15.8. The number of hydrogen-bond donors (Lipinski definition) is 0. The molecule has 4 aliphatic rings. The second-order valence-electron chi connectivity index (χ2n) is 18.4. The van der Waals surface area contributed by atoms with Crippen molar-refractivity contribution in [2.45, 2.75) is 215 Å². The van der Waals surface area contributed by atoms with E-state index >= 15 is 0 Å². The zero-order valence-corrected chi connectivity index (χ0v) is 32.7. The largest absolute Gasteiger partial charge is 0.462 e. The Morgan fingerprint density at radius 3 is 2.02 bits per heavy atom. The van der Waals surface area contributed by atoms with Gasteiger partial charge >= 0.3 is 5.97 Å². The highest BCUT2D eigenvalue weighted by Gasteiger charge is 2.59. The van der Waals surface area contributed by atoms with Gasteiger partial charge in [0.25, 0.3) is 0 Å². The van der Waals surface area contributed by atoms with Crippen LogP contribution < -0.4 is 0 Å². The molecule has 1 unspecified atom stereocenters. The Morgan fingerprint density at radius 1 is 0.745 bits per heavy atom. The average Bonchev–Trinajstić information content (AvgIpc) is 3.40. The molecule has 4 rings (SSSR count). The molecule has 3 fully saturated rings. The molecule has 0 amide bonds. The minimum Gasteiger partial charge on any atom is -0.462 e. The number of rotatable bonds is 21. The molecule has 0 spiro atoms. The topological polar surface area (TPSA) is 26.3 Å². The third-order valence-electron chi connectivity index (χ3n) is 14.7. The van der Waals surface area contributed by atoms with E-state index < -0.39 is 0 Å². The van der Waals surface area contributed by atoms with E-state index in [2.05, 4.69) is 54.5 Å². The van der Waals surface area contributed by atoms with Crippen LogP contribution in [0.3, 0.4) is 0 Å². The summed E-state index contributed by atoms with van der Waals surface area (Å²) in [5.74, 6) is 5.51. The summed E-state index contributed by atoms with van der Waals surface area (Å²) in [4.78, 5) is 13.7. The molecule has 47 heavy (non-hydrogen) atoms. The van der Waals surface area contributed by atoms with Crippen molar-refractivity contribution in [2.75, 3.05) is 0 Å². The number of fused-ring (bicyclic) bond motifs is 5. The molecule has 2 heteroatoms. The van der Waals surface area contributed by atoms with Crippen molar-refractivity contribution in [3.05, 3.63) is 11.6 Å². The molecule has 0 bridgehead atoms. The fourth-order valence-corrected chi connectivity index (χ4v) is 11.7. The maximum absolute atomic E-state index is 13.7. The Morgan fingerprint density at radius 2 is 1.38 bits per heavy atom. The number of unbranched alkanes of at least 4 members (excludes halogenated alkanes) is 10. The molecule has 0 aromatic heterocycles. The van der Waals surface area contributed by atoms with Gasteiger partial charge < -0.3 is 4.74 Å². The van der Waals surface area contributed by atoms with E-state index in [0.717, 1.165) is 61.2 Å². The Balaban J connectivity index is 1.32. The highest BCUT2D eigenvalue weighted by atomic mass is 16.5. The number of esters is 1. The van der Waals surface area contributed by atoms with E-state index in [9.17, 15) is 4.79 Å². The zero-order chi connectivity index (χ0) is 33.9. The first-order chi connectivity index (χ1) is 22.6. The Labute approximate surface area is 293 Å². The van der Waals surface area contributed by atoms with Gasteiger partial charge in [0.2, 0.25) is 0 Å². The molecular formula is C45H80O2. The van der Waals surface area contributed by atoms with Crippen molar-refractivity contribution in [1.82, 2.24) is 0 Å². The van der Waals surface area contributed by atoms with Crippen molar-refractivity contribution in [3.8, 4) is 0 Å². The lowest BCUT2D eigenvalue weighted by Crippen LogP contribution is -2.51. The van der Waals surface area contributed by atoms with E-state index in [4.69, 9.17) is 4.74 Å². The van der Waals surface area contributed by atoms with Crippen molar-refractivity contribution < 1.29 is 9.53 Å².